The van der Waals surface area contributed by atoms with Gasteiger partial charge in [0.1, 0.15) is 12.4 Å². The second-order valence-corrected chi connectivity index (χ2v) is 6.12. The van der Waals surface area contributed by atoms with Gasteiger partial charge in [-0.2, -0.15) is 0 Å². The number of morpholine rings is 1. The minimum atomic E-state index is -0.441. The Morgan fingerprint density at radius 3 is 2.32 bits per heavy atom. The van der Waals surface area contributed by atoms with Crippen LogP contribution in [0.15, 0.2) is 54.6 Å². The number of nitrogens with zero attached hydrogens (tertiary/aromatic N) is 1. The average Bonchev–Trinajstić information content (AvgIpc) is 2.65. The van der Waals surface area contributed by atoms with Gasteiger partial charge in [0.25, 0.3) is 0 Å². The van der Waals surface area contributed by atoms with Crippen LogP contribution in [0.4, 0.5) is 0 Å². The summed E-state index contributed by atoms with van der Waals surface area (Å²) in [5, 5.41) is 0. The summed E-state index contributed by atoms with van der Waals surface area (Å²) in [4.78, 5) is 14.2. The summed E-state index contributed by atoms with van der Waals surface area (Å²) in [6.07, 6.45) is 0. The standard InChI is InChI=1S/C20H24N2O3/c21-20(23)19(16-4-2-1-3-5-16)17-6-8-18(9-7-17)25-15-12-22-10-13-24-14-11-22/h1-9,19H,10-15H2,(H2,21,23). The fourth-order valence-corrected chi connectivity index (χ4v) is 3.04. The molecule has 0 spiro atoms. The molecule has 25 heavy (non-hydrogen) atoms. The monoisotopic (exact) mass is 340 g/mol. The number of amides is 1. The highest BCUT2D eigenvalue weighted by molar-refractivity contribution is 5.85. The number of carbonyl (C=O) groups is 1. The fourth-order valence-electron chi connectivity index (χ4n) is 3.04. The van der Waals surface area contributed by atoms with Gasteiger partial charge in [-0.25, -0.2) is 0 Å². The topological polar surface area (TPSA) is 64.8 Å². The molecule has 1 atom stereocenters. The summed E-state index contributed by atoms with van der Waals surface area (Å²) in [5.74, 6) is 0.00378. The van der Waals surface area contributed by atoms with E-state index in [9.17, 15) is 4.79 Å². The first kappa shape index (κ1) is 17.5. The van der Waals surface area contributed by atoms with Gasteiger partial charge in [0.15, 0.2) is 0 Å². The van der Waals surface area contributed by atoms with E-state index < -0.39 is 5.92 Å². The highest BCUT2D eigenvalue weighted by atomic mass is 16.5. The van der Waals surface area contributed by atoms with Crippen molar-refractivity contribution in [2.45, 2.75) is 5.92 Å². The van der Waals surface area contributed by atoms with Gasteiger partial charge in [0.05, 0.1) is 19.1 Å². The van der Waals surface area contributed by atoms with Crippen LogP contribution in [0.3, 0.4) is 0 Å². The van der Waals surface area contributed by atoms with Crippen LogP contribution in [-0.2, 0) is 9.53 Å². The molecular weight excluding hydrogens is 316 g/mol. The number of primary amides is 1. The van der Waals surface area contributed by atoms with E-state index in [0.29, 0.717) is 6.61 Å². The Morgan fingerprint density at radius 2 is 1.68 bits per heavy atom. The molecular formula is C20H24N2O3. The van der Waals surface area contributed by atoms with Crippen molar-refractivity contribution in [2.75, 3.05) is 39.5 Å². The normalized spacial score (nSPS) is 16.3. The van der Waals surface area contributed by atoms with Crippen molar-refractivity contribution >= 4 is 5.91 Å². The summed E-state index contributed by atoms with van der Waals surface area (Å²) < 4.78 is 11.1. The Labute approximate surface area is 148 Å². The van der Waals surface area contributed by atoms with Crippen molar-refractivity contribution in [1.29, 1.82) is 0 Å². The van der Waals surface area contributed by atoms with Crippen LogP contribution in [0.2, 0.25) is 0 Å². The number of carbonyl (C=O) groups excluding carboxylic acids is 1. The molecule has 2 aromatic rings. The van der Waals surface area contributed by atoms with Crippen LogP contribution in [0.25, 0.3) is 0 Å². The lowest BCUT2D eigenvalue weighted by atomic mass is 9.91. The molecule has 1 amide bonds. The lowest BCUT2D eigenvalue weighted by molar-refractivity contribution is -0.118. The summed E-state index contributed by atoms with van der Waals surface area (Å²) in [6.45, 7) is 5.03. The number of hydrogen-bond donors (Lipinski definition) is 1. The van der Waals surface area contributed by atoms with E-state index in [4.69, 9.17) is 15.2 Å². The van der Waals surface area contributed by atoms with Gasteiger partial charge < -0.3 is 15.2 Å². The Balaban J connectivity index is 1.59. The third-order valence-electron chi connectivity index (χ3n) is 4.41. The van der Waals surface area contributed by atoms with Gasteiger partial charge >= 0.3 is 0 Å². The van der Waals surface area contributed by atoms with Crippen molar-refractivity contribution in [3.05, 3.63) is 65.7 Å². The van der Waals surface area contributed by atoms with Crippen LogP contribution in [0.5, 0.6) is 5.75 Å². The first-order valence-electron chi connectivity index (χ1n) is 8.61. The summed E-state index contributed by atoms with van der Waals surface area (Å²) in [6, 6.07) is 17.2. The Bertz CT molecular complexity index is 667. The zero-order valence-electron chi connectivity index (χ0n) is 14.3. The molecule has 3 rings (SSSR count). The molecule has 132 valence electrons. The molecule has 5 nitrogen and oxygen atoms in total. The number of rotatable bonds is 7. The largest absolute Gasteiger partial charge is 0.492 e. The van der Waals surface area contributed by atoms with Gasteiger partial charge in [0.2, 0.25) is 5.91 Å². The quantitative estimate of drug-likeness (QED) is 0.837. The molecule has 2 aromatic carbocycles. The molecule has 1 saturated heterocycles. The predicted molar refractivity (Wildman–Crippen MR) is 96.7 cm³/mol. The first-order valence-corrected chi connectivity index (χ1v) is 8.61. The molecule has 0 saturated carbocycles. The van der Waals surface area contributed by atoms with Crippen LogP contribution in [0.1, 0.15) is 17.0 Å². The van der Waals surface area contributed by atoms with E-state index in [-0.39, 0.29) is 5.91 Å². The van der Waals surface area contributed by atoms with E-state index in [1.54, 1.807) is 0 Å². The van der Waals surface area contributed by atoms with Crippen molar-refractivity contribution in [2.24, 2.45) is 5.73 Å². The van der Waals surface area contributed by atoms with E-state index in [1.165, 1.54) is 0 Å². The summed E-state index contributed by atoms with van der Waals surface area (Å²) in [5.41, 5.74) is 7.39. The highest BCUT2D eigenvalue weighted by Crippen LogP contribution is 2.26. The number of ether oxygens (including phenoxy) is 2. The fraction of sp³-hybridized carbons (Fsp3) is 0.350. The average molecular weight is 340 g/mol. The molecule has 1 heterocycles. The Kier molecular flexibility index (Phi) is 6.04. The van der Waals surface area contributed by atoms with Gasteiger partial charge in [-0.05, 0) is 23.3 Å². The number of benzene rings is 2. The van der Waals surface area contributed by atoms with Gasteiger partial charge in [-0.1, -0.05) is 42.5 Å². The molecule has 1 unspecified atom stereocenters. The molecule has 0 radical (unpaired) electrons. The van der Waals surface area contributed by atoms with E-state index >= 15 is 0 Å². The maximum Gasteiger partial charge on any atom is 0.229 e. The lowest BCUT2D eigenvalue weighted by Gasteiger charge is -2.26. The second-order valence-electron chi connectivity index (χ2n) is 6.12. The van der Waals surface area contributed by atoms with Crippen molar-refractivity contribution in [3.8, 4) is 5.75 Å². The highest BCUT2D eigenvalue weighted by Gasteiger charge is 2.19. The lowest BCUT2D eigenvalue weighted by Crippen LogP contribution is -2.38. The molecule has 1 aliphatic heterocycles. The number of nitrogens with two attached hydrogens (primary N) is 1. The molecule has 1 fully saturated rings. The zero-order chi connectivity index (χ0) is 17.5. The summed E-state index contributed by atoms with van der Waals surface area (Å²) >= 11 is 0. The molecule has 0 aromatic heterocycles. The van der Waals surface area contributed by atoms with E-state index in [0.717, 1.165) is 49.7 Å². The van der Waals surface area contributed by atoms with Crippen LogP contribution < -0.4 is 10.5 Å². The zero-order valence-corrected chi connectivity index (χ0v) is 14.3. The van der Waals surface area contributed by atoms with Crippen molar-refractivity contribution < 1.29 is 14.3 Å². The molecule has 0 bridgehead atoms. The van der Waals surface area contributed by atoms with Crippen molar-refractivity contribution in [1.82, 2.24) is 4.90 Å². The number of hydrogen-bond acceptors (Lipinski definition) is 4. The molecule has 5 heteroatoms. The van der Waals surface area contributed by atoms with Gasteiger partial charge in [0, 0.05) is 19.6 Å². The summed E-state index contributed by atoms with van der Waals surface area (Å²) in [7, 11) is 0. The van der Waals surface area contributed by atoms with Gasteiger partial charge in [-0.3, -0.25) is 9.69 Å². The minimum Gasteiger partial charge on any atom is -0.492 e. The maximum absolute atomic E-state index is 11.9. The van der Waals surface area contributed by atoms with Crippen molar-refractivity contribution in [3.63, 3.8) is 0 Å². The van der Waals surface area contributed by atoms with Gasteiger partial charge in [-0.15, -0.1) is 0 Å². The molecule has 1 aliphatic rings. The van der Waals surface area contributed by atoms with E-state index in [1.807, 2.05) is 54.6 Å². The molecule has 2 N–H and O–H groups in total. The minimum absolute atomic E-state index is 0.354. The van der Waals surface area contributed by atoms with Crippen LogP contribution in [0, 0.1) is 0 Å². The Morgan fingerprint density at radius 1 is 1.04 bits per heavy atom. The Hall–Kier alpha value is -2.37. The smallest absolute Gasteiger partial charge is 0.229 e. The van der Waals surface area contributed by atoms with Crippen LogP contribution >= 0.6 is 0 Å². The maximum atomic E-state index is 11.9. The third kappa shape index (κ3) is 4.81. The second kappa shape index (κ2) is 8.65. The van der Waals surface area contributed by atoms with Crippen LogP contribution in [-0.4, -0.2) is 50.3 Å². The van der Waals surface area contributed by atoms with E-state index in [2.05, 4.69) is 4.90 Å². The SMILES string of the molecule is NC(=O)C(c1ccccc1)c1ccc(OCCN2CCOCC2)cc1. The predicted octanol–water partition coefficient (Wildman–Crippen LogP) is 2.01. The third-order valence-corrected chi connectivity index (χ3v) is 4.41. The molecule has 0 aliphatic carbocycles. The first-order chi connectivity index (χ1) is 12.2.